The highest BCUT2D eigenvalue weighted by molar-refractivity contribution is 7.14. The number of ether oxygens (including phenoxy) is 6. The number of carbonyl (C=O) groups excluding carboxylic acids is 5. The highest BCUT2D eigenvalue weighted by Crippen LogP contribution is 2.41. The topological polar surface area (TPSA) is 265 Å². The molecule has 3 aromatic carbocycles. The van der Waals surface area contributed by atoms with Gasteiger partial charge in [0, 0.05) is 43.5 Å². The van der Waals surface area contributed by atoms with Crippen molar-refractivity contribution >= 4 is 69.3 Å². The summed E-state index contributed by atoms with van der Waals surface area (Å²) in [5.74, 6) is -0.394. The van der Waals surface area contributed by atoms with E-state index in [9.17, 15) is 24.0 Å². The van der Waals surface area contributed by atoms with E-state index in [0.29, 0.717) is 47.5 Å². The lowest BCUT2D eigenvalue weighted by Gasteiger charge is -2.37. The van der Waals surface area contributed by atoms with Gasteiger partial charge in [0.15, 0.2) is 22.3 Å². The number of likely N-dealkylation sites (tertiary alicyclic amines) is 1. The predicted molar refractivity (Wildman–Crippen MR) is 291 cm³/mol. The number of oxime groups is 1. The average Bonchev–Trinajstić information content (AvgIpc) is 4.20. The summed E-state index contributed by atoms with van der Waals surface area (Å²) >= 11 is 7.99. The summed E-state index contributed by atoms with van der Waals surface area (Å²) in [6.07, 6.45) is 0.00382. The molecule has 0 radical (unpaired) electrons. The number of hydrogen-bond donors (Lipinski definition) is 5. The molecule has 22 nitrogen and oxygen atoms in total. The van der Waals surface area contributed by atoms with Crippen molar-refractivity contribution in [2.75, 3.05) is 57.6 Å². The Bertz CT molecular complexity index is 2950. The normalized spacial score (nSPS) is 16.7. The maximum absolute atomic E-state index is 13.9. The van der Waals surface area contributed by atoms with E-state index in [1.165, 1.54) is 19.2 Å². The summed E-state index contributed by atoms with van der Waals surface area (Å²) in [5.41, 5.74) is -0.586. The molecular weight excluding hydrogens is 1050 g/mol. The Balaban J connectivity index is 0.919. The van der Waals surface area contributed by atoms with E-state index in [1.807, 2.05) is 60.7 Å². The van der Waals surface area contributed by atoms with Crippen LogP contribution in [-0.2, 0) is 41.9 Å². The summed E-state index contributed by atoms with van der Waals surface area (Å²) in [6.45, 7) is 16.1. The standard InChI is InChI=1S/C54H66ClN9O13S/c1-52(2,3)74-49(68)54(7,8)77-63-44(39-30-78-50(59-39)61-51(69)75-53(4,5)6)48(67)60-43-38(58-47(43)66)26-57-46(65)41-25-37(62-76-41)33-21-23-64(27-33)24-22-56-36-19-20-40(72-28-31-11-15-34(70-9)16-12-31)45(42(36)55)73-29-32-13-17-35(71-10)18-14-32/h11-20,25,30,33,38,43,56H,21-24,26-29H2,1-10H3,(H,57,65)(H,58,66)(H,60,67)(H,59,61,69)/b63-44-/t33-,38-,43+/m1/s1. The van der Waals surface area contributed by atoms with E-state index in [0.717, 1.165) is 46.9 Å². The van der Waals surface area contributed by atoms with Gasteiger partial charge in [0.05, 0.1) is 31.6 Å². The van der Waals surface area contributed by atoms with Gasteiger partial charge in [-0.2, -0.15) is 0 Å². The lowest BCUT2D eigenvalue weighted by molar-refractivity contribution is -0.179. The zero-order valence-electron chi connectivity index (χ0n) is 45.2. The maximum Gasteiger partial charge on any atom is 0.413 e. The number of β-lactam (4-membered cyclic amide) rings is 1. The van der Waals surface area contributed by atoms with Gasteiger partial charge in [0.1, 0.15) is 52.7 Å². The molecule has 0 spiro atoms. The average molecular weight is 1120 g/mol. The van der Waals surface area contributed by atoms with Crippen molar-refractivity contribution in [3.05, 3.63) is 105 Å². The monoisotopic (exact) mass is 1120 g/mol. The predicted octanol–water partition coefficient (Wildman–Crippen LogP) is 7.46. The van der Waals surface area contributed by atoms with E-state index in [1.54, 1.807) is 61.8 Å². The second-order valence-electron chi connectivity index (χ2n) is 20.8. The number of thiazole rings is 1. The number of aromatic nitrogens is 2. The van der Waals surface area contributed by atoms with Crippen LogP contribution in [0.4, 0.5) is 15.6 Å². The summed E-state index contributed by atoms with van der Waals surface area (Å²) in [5, 5.41) is 24.1. The summed E-state index contributed by atoms with van der Waals surface area (Å²) in [7, 11) is 3.23. The second-order valence-corrected chi connectivity index (χ2v) is 22.1. The molecule has 5 aromatic rings. The second kappa shape index (κ2) is 25.2. The summed E-state index contributed by atoms with van der Waals surface area (Å²) < 4.78 is 39.4. The molecule has 418 valence electrons. The van der Waals surface area contributed by atoms with Gasteiger partial charge in [-0.1, -0.05) is 46.2 Å². The van der Waals surface area contributed by atoms with Gasteiger partial charge in [-0.3, -0.25) is 19.7 Å². The number of methoxy groups -OCH3 is 2. The van der Waals surface area contributed by atoms with Crippen molar-refractivity contribution in [3.63, 3.8) is 0 Å². The molecule has 5 N–H and O–H groups in total. The number of anilines is 2. The molecule has 24 heteroatoms. The largest absolute Gasteiger partial charge is 0.497 e. The maximum atomic E-state index is 13.9. The van der Waals surface area contributed by atoms with Crippen molar-refractivity contribution in [1.29, 1.82) is 0 Å². The van der Waals surface area contributed by atoms with Crippen LogP contribution in [0.5, 0.6) is 23.0 Å². The molecule has 0 bridgehead atoms. The summed E-state index contributed by atoms with van der Waals surface area (Å²) in [6, 6.07) is 18.6. The SMILES string of the molecule is COc1ccc(COc2ccc(NCCN3CC[C@@H](c4cc(C(=O)NC[C@H]5NC(=O)[C@H]5NC(=O)/C(=N\OC(C)(C)C(=O)OC(C)(C)C)c5csc(NC(=O)OC(C)(C)C)n5)on4)C3)c(Cl)c2OCc2ccc(OC)cc2)cc1. The van der Waals surface area contributed by atoms with Crippen molar-refractivity contribution in [1.82, 2.24) is 31.0 Å². The molecule has 4 amide bonds. The van der Waals surface area contributed by atoms with Gasteiger partial charge >= 0.3 is 12.1 Å². The number of nitrogens with one attached hydrogen (secondary N) is 5. The molecule has 4 heterocycles. The first-order chi connectivity index (χ1) is 37.0. The number of rotatable bonds is 23. The molecule has 2 aromatic heterocycles. The van der Waals surface area contributed by atoms with E-state index in [4.69, 9.17) is 49.4 Å². The zero-order chi connectivity index (χ0) is 56.4. The van der Waals surface area contributed by atoms with E-state index in [2.05, 4.69) is 46.8 Å². The molecule has 2 saturated heterocycles. The minimum atomic E-state index is -1.66. The van der Waals surface area contributed by atoms with Crippen LogP contribution in [-0.4, -0.2) is 126 Å². The lowest BCUT2D eigenvalue weighted by Crippen LogP contribution is -2.72. The Kier molecular flexibility index (Phi) is 18.8. The molecule has 3 atom stereocenters. The minimum Gasteiger partial charge on any atom is -0.497 e. The zero-order valence-corrected chi connectivity index (χ0v) is 46.8. The number of halogens is 1. The highest BCUT2D eigenvalue weighted by atomic mass is 35.5. The molecular formula is C54H66ClN9O13S. The number of amides is 4. The third-order valence-corrected chi connectivity index (χ3v) is 13.1. The molecule has 0 saturated carbocycles. The molecule has 0 unspecified atom stereocenters. The van der Waals surface area contributed by atoms with E-state index < -0.39 is 64.4 Å². The van der Waals surface area contributed by atoms with Crippen LogP contribution in [0.3, 0.4) is 0 Å². The Hall–Kier alpha value is -7.63. The van der Waals surface area contributed by atoms with Crippen LogP contribution in [0.2, 0.25) is 5.02 Å². The van der Waals surface area contributed by atoms with Crippen LogP contribution < -0.4 is 45.5 Å². The van der Waals surface area contributed by atoms with Crippen LogP contribution >= 0.6 is 22.9 Å². The Morgan fingerprint density at radius 3 is 2.17 bits per heavy atom. The fraction of sp³-hybridized carbons (Fsp3) is 0.444. The van der Waals surface area contributed by atoms with Crippen LogP contribution in [0.1, 0.15) is 101 Å². The number of hydrogen-bond acceptors (Lipinski definition) is 19. The molecule has 0 aliphatic carbocycles. The summed E-state index contributed by atoms with van der Waals surface area (Å²) in [4.78, 5) is 77.7. The third kappa shape index (κ3) is 16.0. The van der Waals surface area contributed by atoms with Crippen molar-refractivity contribution in [2.45, 2.75) is 110 Å². The molecule has 2 aliphatic rings. The Morgan fingerprint density at radius 2 is 1.54 bits per heavy atom. The van der Waals surface area contributed by atoms with Crippen molar-refractivity contribution < 1.29 is 61.8 Å². The van der Waals surface area contributed by atoms with Crippen LogP contribution in [0, 0.1) is 0 Å². The number of nitrogens with zero attached hydrogens (tertiary/aromatic N) is 4. The smallest absolute Gasteiger partial charge is 0.413 e. The first-order valence-corrected chi connectivity index (χ1v) is 26.3. The van der Waals surface area contributed by atoms with Gasteiger partial charge < -0.3 is 63.9 Å². The Labute approximate surface area is 461 Å². The minimum absolute atomic E-state index is 0.000861. The van der Waals surface area contributed by atoms with Crippen LogP contribution in [0.15, 0.2) is 81.8 Å². The molecule has 2 fully saturated rings. The van der Waals surface area contributed by atoms with Gasteiger partial charge in [-0.05, 0) is 116 Å². The third-order valence-electron chi connectivity index (χ3n) is 11.9. The van der Waals surface area contributed by atoms with Gasteiger partial charge in [0.2, 0.25) is 17.3 Å². The molecule has 2 aliphatic heterocycles. The molecule has 7 rings (SSSR count). The fourth-order valence-electron chi connectivity index (χ4n) is 7.81. The van der Waals surface area contributed by atoms with Gasteiger partial charge in [-0.15, -0.1) is 11.3 Å². The molecule has 78 heavy (non-hydrogen) atoms. The van der Waals surface area contributed by atoms with Crippen molar-refractivity contribution in [3.8, 4) is 23.0 Å². The highest BCUT2D eigenvalue weighted by Gasteiger charge is 2.42. The van der Waals surface area contributed by atoms with Crippen molar-refractivity contribution in [2.24, 2.45) is 5.16 Å². The van der Waals surface area contributed by atoms with Crippen LogP contribution in [0.25, 0.3) is 0 Å². The Morgan fingerprint density at radius 1 is 0.885 bits per heavy atom. The number of benzene rings is 3. The fourth-order valence-corrected chi connectivity index (χ4v) is 8.77. The first kappa shape index (κ1) is 58.1. The number of carbonyl (C=O) groups is 5. The lowest BCUT2D eigenvalue weighted by atomic mass is 9.98. The quantitative estimate of drug-likeness (QED) is 0.0184. The van der Waals surface area contributed by atoms with Gasteiger partial charge in [0.25, 0.3) is 11.8 Å². The first-order valence-electron chi connectivity index (χ1n) is 25.1. The van der Waals surface area contributed by atoms with E-state index >= 15 is 0 Å². The number of esters is 1. The van der Waals surface area contributed by atoms with E-state index in [-0.39, 0.29) is 42.3 Å². The van der Waals surface area contributed by atoms with Gasteiger partial charge in [-0.25, -0.2) is 14.6 Å².